The van der Waals surface area contributed by atoms with Gasteiger partial charge in [0.2, 0.25) is 5.91 Å². The fraction of sp³-hybridized carbons (Fsp3) is 0.167. The molecular weight excluding hydrogens is 334 g/mol. The summed E-state index contributed by atoms with van der Waals surface area (Å²) < 4.78 is 0. The molecule has 3 aromatic carbocycles. The highest BCUT2D eigenvalue weighted by Crippen LogP contribution is 2.19. The average Bonchev–Trinajstić information content (AvgIpc) is 2.72. The molecule has 0 unspecified atom stereocenters. The molecule has 0 bridgehead atoms. The third kappa shape index (κ3) is 5.14. The zero-order valence-corrected chi connectivity index (χ0v) is 15.5. The number of benzene rings is 3. The van der Waals surface area contributed by atoms with E-state index in [0.717, 1.165) is 16.8 Å². The second-order valence-corrected chi connectivity index (χ2v) is 6.59. The third-order valence-electron chi connectivity index (χ3n) is 4.49. The fourth-order valence-corrected chi connectivity index (χ4v) is 2.94. The van der Waals surface area contributed by atoms with E-state index in [9.17, 15) is 9.59 Å². The largest absolute Gasteiger partial charge is 0.308 e. The van der Waals surface area contributed by atoms with Crippen molar-refractivity contribution in [2.24, 2.45) is 0 Å². The molecule has 0 N–H and O–H groups in total. The van der Waals surface area contributed by atoms with Gasteiger partial charge in [-0.1, -0.05) is 78.4 Å². The summed E-state index contributed by atoms with van der Waals surface area (Å²) in [6.07, 6.45) is 0.397. The van der Waals surface area contributed by atoms with E-state index in [1.807, 2.05) is 91.9 Å². The van der Waals surface area contributed by atoms with E-state index in [4.69, 9.17) is 0 Å². The molecule has 3 heteroatoms. The van der Waals surface area contributed by atoms with E-state index in [1.165, 1.54) is 0 Å². The number of hydrogen-bond acceptors (Lipinski definition) is 2. The van der Waals surface area contributed by atoms with Gasteiger partial charge >= 0.3 is 0 Å². The van der Waals surface area contributed by atoms with Crippen LogP contribution < -0.4 is 4.90 Å². The van der Waals surface area contributed by atoms with Gasteiger partial charge in [0.05, 0.1) is 6.54 Å². The smallest absolute Gasteiger partial charge is 0.227 e. The van der Waals surface area contributed by atoms with Crippen LogP contribution in [0.3, 0.4) is 0 Å². The first-order valence-electron chi connectivity index (χ1n) is 9.13. The number of hydrogen-bond donors (Lipinski definition) is 0. The van der Waals surface area contributed by atoms with Gasteiger partial charge in [-0.15, -0.1) is 0 Å². The Morgan fingerprint density at radius 3 is 1.96 bits per heavy atom. The molecule has 136 valence electrons. The second kappa shape index (κ2) is 8.95. The van der Waals surface area contributed by atoms with Crippen molar-refractivity contribution in [2.45, 2.75) is 26.3 Å². The van der Waals surface area contributed by atoms with E-state index < -0.39 is 0 Å². The summed E-state index contributed by atoms with van der Waals surface area (Å²) in [5.74, 6) is -0.0541. The number of carbonyl (C=O) groups is 2. The minimum absolute atomic E-state index is 0.00364. The Morgan fingerprint density at radius 2 is 1.33 bits per heavy atom. The van der Waals surface area contributed by atoms with E-state index in [-0.39, 0.29) is 24.5 Å². The molecule has 3 rings (SSSR count). The molecule has 0 fully saturated rings. The molecule has 0 aliphatic heterocycles. The van der Waals surface area contributed by atoms with Gasteiger partial charge in [0.25, 0.3) is 0 Å². The Morgan fingerprint density at radius 1 is 0.741 bits per heavy atom. The van der Waals surface area contributed by atoms with Crippen molar-refractivity contribution in [2.75, 3.05) is 4.90 Å². The quantitative estimate of drug-likeness (QED) is 0.546. The van der Waals surface area contributed by atoms with E-state index >= 15 is 0 Å². The molecule has 0 saturated carbocycles. The highest BCUT2D eigenvalue weighted by atomic mass is 16.2. The molecule has 0 aliphatic rings. The van der Waals surface area contributed by atoms with Crippen molar-refractivity contribution in [1.29, 1.82) is 0 Å². The molecule has 0 aromatic heterocycles. The van der Waals surface area contributed by atoms with Crippen molar-refractivity contribution in [1.82, 2.24) is 0 Å². The first kappa shape index (κ1) is 18.6. The van der Waals surface area contributed by atoms with Gasteiger partial charge < -0.3 is 4.90 Å². The minimum Gasteiger partial charge on any atom is -0.308 e. The van der Waals surface area contributed by atoms with Crippen LogP contribution >= 0.6 is 0 Å². The van der Waals surface area contributed by atoms with Crippen molar-refractivity contribution >= 4 is 17.4 Å². The maximum atomic E-state index is 12.9. The van der Waals surface area contributed by atoms with E-state index in [2.05, 4.69) is 0 Å². The van der Waals surface area contributed by atoms with Crippen LogP contribution in [0.4, 0.5) is 5.69 Å². The molecular formula is C24H23NO2. The Balaban J connectivity index is 1.71. The van der Waals surface area contributed by atoms with Crippen LogP contribution in [0.1, 0.15) is 34.3 Å². The number of para-hydroxylation sites is 1. The van der Waals surface area contributed by atoms with Gasteiger partial charge in [-0.05, 0) is 24.6 Å². The predicted octanol–water partition coefficient (Wildman–Crippen LogP) is 5.19. The molecule has 27 heavy (non-hydrogen) atoms. The van der Waals surface area contributed by atoms with Crippen molar-refractivity contribution in [3.05, 3.63) is 102 Å². The maximum absolute atomic E-state index is 12.9. The molecule has 0 saturated heterocycles. The van der Waals surface area contributed by atoms with E-state index in [0.29, 0.717) is 12.1 Å². The minimum atomic E-state index is -0.0504. The lowest BCUT2D eigenvalue weighted by Gasteiger charge is -2.23. The summed E-state index contributed by atoms with van der Waals surface area (Å²) in [5.41, 5.74) is 3.66. The summed E-state index contributed by atoms with van der Waals surface area (Å²) in [6.45, 7) is 2.47. The monoisotopic (exact) mass is 357 g/mol. The van der Waals surface area contributed by atoms with Crippen molar-refractivity contribution in [3.63, 3.8) is 0 Å². The highest BCUT2D eigenvalue weighted by Gasteiger charge is 2.18. The summed E-state index contributed by atoms with van der Waals surface area (Å²) in [4.78, 5) is 27.1. The summed E-state index contributed by atoms with van der Waals surface area (Å²) in [7, 11) is 0. The summed E-state index contributed by atoms with van der Waals surface area (Å²) in [6, 6.07) is 27.0. The molecule has 1 amide bonds. The Labute approximate surface area is 160 Å². The molecule has 0 atom stereocenters. The van der Waals surface area contributed by atoms with Crippen LogP contribution in [-0.4, -0.2) is 11.7 Å². The number of anilines is 1. The number of rotatable bonds is 7. The number of carbonyl (C=O) groups excluding carboxylic acids is 2. The highest BCUT2D eigenvalue weighted by molar-refractivity contribution is 6.00. The fourth-order valence-electron chi connectivity index (χ4n) is 2.94. The molecule has 0 heterocycles. The van der Waals surface area contributed by atoms with Crippen molar-refractivity contribution < 1.29 is 9.59 Å². The van der Waals surface area contributed by atoms with Gasteiger partial charge in [-0.25, -0.2) is 0 Å². The van der Waals surface area contributed by atoms with Crippen molar-refractivity contribution in [3.8, 4) is 0 Å². The van der Waals surface area contributed by atoms with Gasteiger partial charge in [0.1, 0.15) is 0 Å². The lowest BCUT2D eigenvalue weighted by atomic mass is 10.0. The van der Waals surface area contributed by atoms with Crippen LogP contribution in [0.25, 0.3) is 0 Å². The number of aryl methyl sites for hydroxylation is 1. The Bertz CT molecular complexity index is 887. The van der Waals surface area contributed by atoms with Crippen LogP contribution in [-0.2, 0) is 11.3 Å². The maximum Gasteiger partial charge on any atom is 0.227 e. The summed E-state index contributed by atoms with van der Waals surface area (Å²) in [5, 5.41) is 0. The number of nitrogens with zero attached hydrogens (tertiary/aromatic N) is 1. The van der Waals surface area contributed by atoms with Gasteiger partial charge in [0, 0.05) is 24.1 Å². The zero-order valence-electron chi connectivity index (χ0n) is 15.5. The molecule has 0 radical (unpaired) electrons. The lowest BCUT2D eigenvalue weighted by molar-refractivity contribution is -0.118. The van der Waals surface area contributed by atoms with Gasteiger partial charge in [0.15, 0.2) is 5.78 Å². The van der Waals surface area contributed by atoms with Crippen LogP contribution in [0, 0.1) is 6.92 Å². The summed E-state index contributed by atoms with van der Waals surface area (Å²) >= 11 is 0. The molecule has 0 aliphatic carbocycles. The molecule has 3 nitrogen and oxygen atoms in total. The second-order valence-electron chi connectivity index (χ2n) is 6.59. The first-order chi connectivity index (χ1) is 13.1. The number of ketones is 1. The zero-order chi connectivity index (χ0) is 19.1. The third-order valence-corrected chi connectivity index (χ3v) is 4.49. The van der Waals surface area contributed by atoms with Gasteiger partial charge in [-0.2, -0.15) is 0 Å². The number of Topliss-reactive ketones (excluding diaryl/α,β-unsaturated/α-hetero) is 1. The topological polar surface area (TPSA) is 37.4 Å². The normalized spacial score (nSPS) is 10.4. The predicted molar refractivity (Wildman–Crippen MR) is 109 cm³/mol. The average molecular weight is 357 g/mol. The lowest BCUT2D eigenvalue weighted by Crippen LogP contribution is -2.30. The Kier molecular flexibility index (Phi) is 6.16. The SMILES string of the molecule is Cc1ccc(C(=O)CCC(=O)N(Cc2ccccc2)c2ccccc2)cc1. The standard InChI is InChI=1S/C24H23NO2/c1-19-12-14-21(15-13-19)23(26)16-17-24(27)25(22-10-6-3-7-11-22)18-20-8-4-2-5-9-20/h2-15H,16-18H2,1H3. The van der Waals surface area contributed by atoms with Crippen LogP contribution in [0.2, 0.25) is 0 Å². The number of amides is 1. The molecule has 3 aromatic rings. The Hall–Kier alpha value is -3.20. The van der Waals surface area contributed by atoms with Gasteiger partial charge in [-0.3, -0.25) is 9.59 Å². The molecule has 0 spiro atoms. The van der Waals surface area contributed by atoms with E-state index in [1.54, 1.807) is 4.90 Å². The van der Waals surface area contributed by atoms with Crippen LogP contribution in [0.15, 0.2) is 84.9 Å². The van der Waals surface area contributed by atoms with Crippen LogP contribution in [0.5, 0.6) is 0 Å². The first-order valence-corrected chi connectivity index (χ1v) is 9.13.